The van der Waals surface area contributed by atoms with Crippen LogP contribution in [-0.2, 0) is 33.2 Å². The highest BCUT2D eigenvalue weighted by atomic mass is 16.8. The molecule has 3 heterocycles. The van der Waals surface area contributed by atoms with Gasteiger partial charge in [0, 0.05) is 6.08 Å². The van der Waals surface area contributed by atoms with Crippen molar-refractivity contribution in [1.29, 1.82) is 0 Å². The Hall–Kier alpha value is -2.29. The summed E-state index contributed by atoms with van der Waals surface area (Å²) < 4.78 is 36.0. The van der Waals surface area contributed by atoms with Gasteiger partial charge in [-0.2, -0.15) is 0 Å². The monoisotopic (exact) mass is 454 g/mol. The van der Waals surface area contributed by atoms with Crippen molar-refractivity contribution in [3.63, 3.8) is 0 Å². The lowest BCUT2D eigenvalue weighted by atomic mass is 9.92. The molecule has 0 aromatic heterocycles. The van der Waals surface area contributed by atoms with Crippen LogP contribution in [0.15, 0.2) is 42.5 Å². The first kappa shape index (κ1) is 22.5. The van der Waals surface area contributed by atoms with Gasteiger partial charge >= 0.3 is 5.97 Å². The van der Waals surface area contributed by atoms with Gasteiger partial charge in [0.25, 0.3) is 0 Å². The van der Waals surface area contributed by atoms with Gasteiger partial charge in [-0.3, -0.25) is 0 Å². The normalized spacial score (nSPS) is 32.5. The van der Waals surface area contributed by atoms with Crippen molar-refractivity contribution in [3.05, 3.63) is 53.6 Å². The first-order chi connectivity index (χ1) is 15.7. The molecular weight excluding hydrogens is 424 g/mol. The maximum Gasteiger partial charge on any atom is 0.330 e. The Morgan fingerprint density at radius 1 is 0.970 bits per heavy atom. The zero-order chi connectivity index (χ0) is 23.4. The van der Waals surface area contributed by atoms with Crippen molar-refractivity contribution in [1.82, 2.24) is 0 Å². The Labute approximate surface area is 193 Å². The van der Waals surface area contributed by atoms with Crippen LogP contribution in [0.3, 0.4) is 0 Å². The average molecular weight is 455 g/mol. The maximum absolute atomic E-state index is 11.9. The molecule has 7 nitrogen and oxygen atoms in total. The van der Waals surface area contributed by atoms with Crippen LogP contribution < -0.4 is 0 Å². The lowest BCUT2D eigenvalue weighted by molar-refractivity contribution is -0.207. The zero-order valence-electron chi connectivity index (χ0n) is 19.6. The Morgan fingerprint density at radius 3 is 2.45 bits per heavy atom. The molecule has 3 fully saturated rings. The molecule has 2 aromatic rings. The van der Waals surface area contributed by atoms with Crippen molar-refractivity contribution < 1.29 is 33.2 Å². The van der Waals surface area contributed by atoms with E-state index in [9.17, 15) is 4.79 Å². The highest BCUT2D eigenvalue weighted by Gasteiger charge is 2.59. The summed E-state index contributed by atoms with van der Waals surface area (Å²) in [5, 5.41) is 2.08. The quantitative estimate of drug-likeness (QED) is 0.508. The number of esters is 1. The summed E-state index contributed by atoms with van der Waals surface area (Å²) in [7, 11) is 1.36. The van der Waals surface area contributed by atoms with Crippen LogP contribution in [-0.4, -0.2) is 55.7 Å². The molecule has 3 aliphatic heterocycles. The Morgan fingerprint density at radius 2 is 1.73 bits per heavy atom. The van der Waals surface area contributed by atoms with Crippen LogP contribution in [0, 0.1) is 0 Å². The summed E-state index contributed by atoms with van der Waals surface area (Å²) >= 11 is 0. The predicted molar refractivity (Wildman–Crippen MR) is 121 cm³/mol. The molecule has 0 N–H and O–H groups in total. The molecule has 3 aliphatic rings. The molecule has 33 heavy (non-hydrogen) atoms. The van der Waals surface area contributed by atoms with E-state index in [2.05, 4.69) is 6.07 Å². The number of rotatable bonds is 4. The van der Waals surface area contributed by atoms with Crippen LogP contribution >= 0.6 is 0 Å². The minimum atomic E-state index is -0.747. The summed E-state index contributed by atoms with van der Waals surface area (Å²) in [6.45, 7) is 8.03. The minimum absolute atomic E-state index is 0.274. The summed E-state index contributed by atoms with van der Waals surface area (Å²) in [6.07, 6.45) is 1.55. The summed E-state index contributed by atoms with van der Waals surface area (Å²) in [5.41, 5.74) is 1.81. The van der Waals surface area contributed by atoms with Crippen LogP contribution in [0.5, 0.6) is 0 Å². The standard InChI is InChI=1S/C26H30O7/c1-25(2)29-14-19(31-25)22-24-23(32-26(3,4)33-24)21(30-22)18-11-10-15-8-6-7-9-16(15)17(18)12-13-20(27)28-5/h6-13,19,21-24H,14H2,1-5H3/b13-12+/t19?,21-,22-,23-,24+/m1/s1. The second-order valence-electron chi connectivity index (χ2n) is 9.60. The van der Waals surface area contributed by atoms with Crippen molar-refractivity contribution in [2.45, 2.75) is 69.8 Å². The third kappa shape index (κ3) is 4.20. The first-order valence-corrected chi connectivity index (χ1v) is 11.3. The number of ether oxygens (including phenoxy) is 6. The molecule has 5 atom stereocenters. The summed E-state index contributed by atoms with van der Waals surface area (Å²) in [5.74, 6) is -1.84. The lowest BCUT2D eigenvalue weighted by Gasteiger charge is -2.27. The van der Waals surface area contributed by atoms with E-state index < -0.39 is 23.6 Å². The minimum Gasteiger partial charge on any atom is -0.466 e. The van der Waals surface area contributed by atoms with Gasteiger partial charge in [0.05, 0.1) is 13.7 Å². The molecule has 0 saturated carbocycles. The van der Waals surface area contributed by atoms with Gasteiger partial charge in [0.15, 0.2) is 11.6 Å². The van der Waals surface area contributed by atoms with E-state index in [0.717, 1.165) is 21.9 Å². The van der Waals surface area contributed by atoms with E-state index in [1.54, 1.807) is 6.08 Å². The molecular formula is C26H30O7. The molecule has 7 heteroatoms. The summed E-state index contributed by atoms with van der Waals surface area (Å²) in [4.78, 5) is 11.9. The van der Waals surface area contributed by atoms with E-state index in [4.69, 9.17) is 28.4 Å². The zero-order valence-corrected chi connectivity index (χ0v) is 19.6. The number of hydrogen-bond donors (Lipinski definition) is 0. The van der Waals surface area contributed by atoms with E-state index in [0.29, 0.717) is 6.61 Å². The van der Waals surface area contributed by atoms with Crippen LogP contribution in [0.4, 0.5) is 0 Å². The Kier molecular flexibility index (Phi) is 5.58. The van der Waals surface area contributed by atoms with Crippen molar-refractivity contribution in [2.75, 3.05) is 13.7 Å². The lowest BCUT2D eigenvalue weighted by Crippen LogP contribution is -2.40. The number of hydrogen-bond acceptors (Lipinski definition) is 7. The second-order valence-corrected chi connectivity index (χ2v) is 9.60. The molecule has 0 amide bonds. The Bertz CT molecular complexity index is 1090. The molecule has 5 rings (SSSR count). The molecule has 0 radical (unpaired) electrons. The van der Waals surface area contributed by atoms with Crippen LogP contribution in [0.25, 0.3) is 16.8 Å². The molecule has 2 aromatic carbocycles. The largest absolute Gasteiger partial charge is 0.466 e. The fraction of sp³-hybridized carbons (Fsp3) is 0.500. The second kappa shape index (κ2) is 8.18. The van der Waals surface area contributed by atoms with Gasteiger partial charge in [0.2, 0.25) is 0 Å². The van der Waals surface area contributed by atoms with E-state index in [1.165, 1.54) is 13.2 Å². The fourth-order valence-electron chi connectivity index (χ4n) is 5.02. The first-order valence-electron chi connectivity index (χ1n) is 11.3. The average Bonchev–Trinajstić information content (AvgIpc) is 3.40. The van der Waals surface area contributed by atoms with E-state index in [1.807, 2.05) is 58.0 Å². The van der Waals surface area contributed by atoms with Crippen LogP contribution in [0.2, 0.25) is 0 Å². The molecule has 1 unspecified atom stereocenters. The predicted octanol–water partition coefficient (Wildman–Crippen LogP) is 4.14. The SMILES string of the molecule is COC(=O)/C=C/c1c([C@H]2O[C@H](C3COC(C)(C)O3)[C@@H]3OC(C)(C)O[C@@H]32)ccc2ccccc12. The van der Waals surface area contributed by atoms with E-state index in [-0.39, 0.29) is 24.4 Å². The third-order valence-corrected chi connectivity index (χ3v) is 6.38. The number of benzene rings is 2. The molecule has 3 saturated heterocycles. The van der Waals surface area contributed by atoms with Crippen LogP contribution in [0.1, 0.15) is 44.9 Å². The van der Waals surface area contributed by atoms with Gasteiger partial charge in [0.1, 0.15) is 30.5 Å². The molecule has 0 aliphatic carbocycles. The Balaban J connectivity index is 1.57. The van der Waals surface area contributed by atoms with E-state index >= 15 is 0 Å². The topological polar surface area (TPSA) is 72.5 Å². The highest BCUT2D eigenvalue weighted by molar-refractivity contribution is 5.96. The fourth-order valence-corrected chi connectivity index (χ4v) is 5.02. The number of carbonyl (C=O) groups is 1. The number of fused-ring (bicyclic) bond motifs is 2. The summed E-state index contributed by atoms with van der Waals surface area (Å²) in [6, 6.07) is 12.1. The smallest absolute Gasteiger partial charge is 0.330 e. The maximum atomic E-state index is 11.9. The van der Waals surface area contributed by atoms with Gasteiger partial charge in [-0.05, 0) is 55.7 Å². The highest BCUT2D eigenvalue weighted by Crippen LogP contribution is 2.49. The van der Waals surface area contributed by atoms with Gasteiger partial charge in [-0.25, -0.2) is 4.79 Å². The number of carbonyl (C=O) groups excluding carboxylic acids is 1. The molecule has 176 valence electrons. The van der Waals surface area contributed by atoms with Gasteiger partial charge in [-0.15, -0.1) is 0 Å². The van der Waals surface area contributed by atoms with Gasteiger partial charge in [-0.1, -0.05) is 36.4 Å². The molecule has 0 bridgehead atoms. The van der Waals surface area contributed by atoms with Crippen molar-refractivity contribution >= 4 is 22.8 Å². The van der Waals surface area contributed by atoms with Crippen molar-refractivity contribution in [2.24, 2.45) is 0 Å². The molecule has 0 spiro atoms. The van der Waals surface area contributed by atoms with Gasteiger partial charge < -0.3 is 28.4 Å². The third-order valence-electron chi connectivity index (χ3n) is 6.38. The number of methoxy groups -OCH3 is 1. The van der Waals surface area contributed by atoms with Crippen molar-refractivity contribution in [3.8, 4) is 0 Å².